The van der Waals surface area contributed by atoms with E-state index in [1.807, 2.05) is 35.2 Å². The number of anilines is 3. The lowest BCUT2D eigenvalue weighted by Gasteiger charge is -2.55. The molecule has 0 saturated carbocycles. The van der Waals surface area contributed by atoms with Crippen LogP contribution in [0.15, 0.2) is 78.9 Å². The third-order valence-corrected chi connectivity index (χ3v) is 7.33. The molecule has 0 radical (unpaired) electrons. The second-order valence-corrected chi connectivity index (χ2v) is 9.12. The molecule has 35 heavy (non-hydrogen) atoms. The molecule has 1 spiro atoms. The zero-order valence-corrected chi connectivity index (χ0v) is 18.9. The standard InChI is InChI=1S/C27H23FN4O3/c28-21-13-7-8-18-16-27(24(33)29-26(35)32(25(27)34)20-11-5-2-6-12-20)22-17-30(14-15-31(22)23(18)21)19-9-3-1-4-10-19/h1-13,22H,14-17H2,(H,29,33,35)/t22-,27+/m0/s1. The molecule has 8 heteroatoms. The predicted octanol–water partition coefficient (Wildman–Crippen LogP) is 3.35. The Kier molecular flexibility index (Phi) is 4.84. The minimum Gasteiger partial charge on any atom is -0.368 e. The van der Waals surface area contributed by atoms with E-state index in [4.69, 9.17) is 0 Å². The highest BCUT2D eigenvalue weighted by Crippen LogP contribution is 2.47. The second-order valence-electron chi connectivity index (χ2n) is 9.12. The maximum Gasteiger partial charge on any atom is 0.335 e. The van der Waals surface area contributed by atoms with Gasteiger partial charge >= 0.3 is 6.03 Å². The maximum absolute atomic E-state index is 15.1. The molecule has 176 valence electrons. The average molecular weight is 471 g/mol. The number of para-hydroxylation sites is 3. The van der Waals surface area contributed by atoms with Gasteiger partial charge in [0.25, 0.3) is 5.91 Å². The highest BCUT2D eigenvalue weighted by atomic mass is 19.1. The van der Waals surface area contributed by atoms with E-state index in [0.717, 1.165) is 10.6 Å². The van der Waals surface area contributed by atoms with E-state index < -0.39 is 29.3 Å². The minimum atomic E-state index is -1.60. The number of carbonyl (C=O) groups excluding carboxylic acids is 3. The number of piperazine rings is 1. The topological polar surface area (TPSA) is 73.0 Å². The zero-order chi connectivity index (χ0) is 24.2. The van der Waals surface area contributed by atoms with Crippen molar-refractivity contribution in [3.8, 4) is 0 Å². The van der Waals surface area contributed by atoms with Crippen molar-refractivity contribution in [2.75, 3.05) is 34.3 Å². The van der Waals surface area contributed by atoms with Crippen molar-refractivity contribution in [3.05, 3.63) is 90.2 Å². The predicted molar refractivity (Wildman–Crippen MR) is 130 cm³/mol. The van der Waals surface area contributed by atoms with E-state index in [1.54, 1.807) is 42.5 Å². The molecule has 3 aliphatic heterocycles. The van der Waals surface area contributed by atoms with E-state index in [0.29, 0.717) is 36.6 Å². The summed E-state index contributed by atoms with van der Waals surface area (Å²) in [4.78, 5) is 45.7. The molecule has 4 amide bonds. The van der Waals surface area contributed by atoms with Crippen LogP contribution in [0.5, 0.6) is 0 Å². The van der Waals surface area contributed by atoms with Gasteiger partial charge in [0.15, 0.2) is 5.41 Å². The van der Waals surface area contributed by atoms with Gasteiger partial charge in [-0.15, -0.1) is 0 Å². The number of hydrogen-bond acceptors (Lipinski definition) is 5. The molecule has 3 aromatic carbocycles. The summed E-state index contributed by atoms with van der Waals surface area (Å²) in [5.74, 6) is -1.60. The number of urea groups is 1. The second kappa shape index (κ2) is 7.94. The fourth-order valence-electron chi connectivity index (χ4n) is 5.70. The Balaban J connectivity index is 1.51. The summed E-state index contributed by atoms with van der Waals surface area (Å²) in [5, 5.41) is 2.44. The van der Waals surface area contributed by atoms with Gasteiger partial charge in [0, 0.05) is 31.7 Å². The molecule has 2 fully saturated rings. The quantitative estimate of drug-likeness (QED) is 0.582. The van der Waals surface area contributed by atoms with Crippen molar-refractivity contribution in [2.45, 2.75) is 12.5 Å². The number of amides is 4. The maximum atomic E-state index is 15.1. The Morgan fingerprint density at radius 1 is 0.829 bits per heavy atom. The number of barbiturate groups is 1. The van der Waals surface area contributed by atoms with E-state index in [-0.39, 0.29) is 12.2 Å². The van der Waals surface area contributed by atoms with Crippen LogP contribution in [0.3, 0.4) is 0 Å². The fraction of sp³-hybridized carbons (Fsp3) is 0.222. The number of nitrogens with one attached hydrogen (secondary N) is 1. The van der Waals surface area contributed by atoms with Crippen LogP contribution in [-0.2, 0) is 16.0 Å². The van der Waals surface area contributed by atoms with Crippen LogP contribution < -0.4 is 20.0 Å². The average Bonchev–Trinajstić information content (AvgIpc) is 2.88. The number of carbonyl (C=O) groups is 3. The van der Waals surface area contributed by atoms with Crippen LogP contribution in [0.2, 0.25) is 0 Å². The molecule has 0 aromatic heterocycles. The lowest BCUT2D eigenvalue weighted by atomic mass is 9.67. The smallest absolute Gasteiger partial charge is 0.335 e. The van der Waals surface area contributed by atoms with Crippen molar-refractivity contribution in [1.82, 2.24) is 5.32 Å². The minimum absolute atomic E-state index is 0.00513. The number of halogens is 1. The SMILES string of the molecule is O=C1NC(=O)[C@]2(Cc3cccc(F)c3N3CCN(c4ccccc4)C[C@H]32)C(=O)N1c1ccccc1. The van der Waals surface area contributed by atoms with Crippen LogP contribution in [0.4, 0.5) is 26.2 Å². The highest BCUT2D eigenvalue weighted by Gasteiger charge is 2.63. The Labute approximate surface area is 201 Å². The Morgan fingerprint density at radius 2 is 1.51 bits per heavy atom. The molecule has 7 nitrogen and oxygen atoms in total. The van der Waals surface area contributed by atoms with Gasteiger partial charge < -0.3 is 9.80 Å². The largest absolute Gasteiger partial charge is 0.368 e. The first-order valence-corrected chi connectivity index (χ1v) is 11.6. The van der Waals surface area contributed by atoms with Gasteiger partial charge in [-0.3, -0.25) is 14.9 Å². The summed E-state index contributed by atoms with van der Waals surface area (Å²) in [7, 11) is 0. The van der Waals surface area contributed by atoms with Crippen LogP contribution in [0.1, 0.15) is 5.56 Å². The van der Waals surface area contributed by atoms with Crippen molar-refractivity contribution >= 4 is 34.9 Å². The number of fused-ring (bicyclic) bond motifs is 4. The lowest BCUT2D eigenvalue weighted by molar-refractivity contribution is -0.144. The van der Waals surface area contributed by atoms with Gasteiger partial charge in [0.2, 0.25) is 5.91 Å². The van der Waals surface area contributed by atoms with Crippen LogP contribution in [0, 0.1) is 11.2 Å². The first-order valence-electron chi connectivity index (χ1n) is 11.6. The molecule has 2 saturated heterocycles. The van der Waals surface area contributed by atoms with Crippen molar-refractivity contribution in [2.24, 2.45) is 5.41 Å². The molecule has 0 bridgehead atoms. The van der Waals surface area contributed by atoms with Crippen molar-refractivity contribution in [1.29, 1.82) is 0 Å². The van der Waals surface area contributed by atoms with Crippen LogP contribution >= 0.6 is 0 Å². The zero-order valence-electron chi connectivity index (χ0n) is 18.9. The Bertz CT molecular complexity index is 1330. The third kappa shape index (κ3) is 3.13. The molecule has 3 heterocycles. The molecule has 2 atom stereocenters. The molecule has 0 unspecified atom stereocenters. The van der Waals surface area contributed by atoms with Crippen LogP contribution in [-0.4, -0.2) is 43.5 Å². The highest BCUT2D eigenvalue weighted by molar-refractivity contribution is 6.30. The molecular weight excluding hydrogens is 447 g/mol. The Morgan fingerprint density at radius 3 is 2.23 bits per heavy atom. The van der Waals surface area contributed by atoms with Gasteiger partial charge in [-0.05, 0) is 35.9 Å². The van der Waals surface area contributed by atoms with E-state index in [1.165, 1.54) is 6.07 Å². The summed E-state index contributed by atoms with van der Waals surface area (Å²) in [5.41, 5.74) is 0.758. The van der Waals surface area contributed by atoms with E-state index in [9.17, 15) is 14.4 Å². The summed E-state index contributed by atoms with van der Waals surface area (Å²) in [6, 6.07) is 21.6. The molecule has 1 N–H and O–H groups in total. The van der Waals surface area contributed by atoms with Crippen LogP contribution in [0.25, 0.3) is 0 Å². The van der Waals surface area contributed by atoms with Gasteiger partial charge in [-0.2, -0.15) is 0 Å². The summed E-state index contributed by atoms with van der Waals surface area (Å²) < 4.78 is 15.1. The van der Waals surface area contributed by atoms with Gasteiger partial charge in [0.05, 0.1) is 17.4 Å². The Hall–Kier alpha value is -4.20. The van der Waals surface area contributed by atoms with E-state index >= 15 is 4.39 Å². The number of hydrogen-bond donors (Lipinski definition) is 1. The summed E-state index contributed by atoms with van der Waals surface area (Å²) in [6.45, 7) is 1.35. The molecule has 0 aliphatic carbocycles. The van der Waals surface area contributed by atoms with Crippen molar-refractivity contribution in [3.63, 3.8) is 0 Å². The van der Waals surface area contributed by atoms with Gasteiger partial charge in [-0.25, -0.2) is 14.1 Å². The molecule has 3 aromatic rings. The van der Waals surface area contributed by atoms with Crippen molar-refractivity contribution < 1.29 is 18.8 Å². The normalized spacial score (nSPS) is 23.7. The summed E-state index contributed by atoms with van der Waals surface area (Å²) >= 11 is 0. The first-order chi connectivity index (χ1) is 17.0. The molecule has 6 rings (SSSR count). The number of imide groups is 2. The fourth-order valence-corrected chi connectivity index (χ4v) is 5.70. The number of nitrogens with zero attached hydrogens (tertiary/aromatic N) is 3. The van der Waals surface area contributed by atoms with Gasteiger partial charge in [0.1, 0.15) is 5.82 Å². The third-order valence-electron chi connectivity index (χ3n) is 7.33. The first kappa shape index (κ1) is 21.3. The number of benzene rings is 3. The summed E-state index contributed by atoms with van der Waals surface area (Å²) in [6.07, 6.45) is 0.00513. The van der Waals surface area contributed by atoms with E-state index in [2.05, 4.69) is 10.2 Å². The number of rotatable bonds is 2. The van der Waals surface area contributed by atoms with Gasteiger partial charge in [-0.1, -0.05) is 48.5 Å². The lowest BCUT2D eigenvalue weighted by Crippen LogP contribution is -2.75. The molecule has 3 aliphatic rings. The molecular formula is C27H23FN4O3. The monoisotopic (exact) mass is 470 g/mol.